The third-order valence-electron chi connectivity index (χ3n) is 2.06. The molecule has 4 nitrogen and oxygen atoms in total. The smallest absolute Gasteiger partial charge is 0.124 e. The lowest BCUT2D eigenvalue weighted by Gasteiger charge is -2.10. The Morgan fingerprint density at radius 2 is 2.00 bits per heavy atom. The number of hydrogen-bond donors (Lipinski definition) is 2. The van der Waals surface area contributed by atoms with Crippen LogP contribution in [-0.4, -0.2) is 7.05 Å². The van der Waals surface area contributed by atoms with E-state index in [1.54, 1.807) is 14.0 Å². The van der Waals surface area contributed by atoms with E-state index in [2.05, 4.69) is 15.8 Å². The second-order valence-corrected chi connectivity index (χ2v) is 3.14. The van der Waals surface area contributed by atoms with Crippen LogP contribution in [0.15, 0.2) is 47.0 Å². The van der Waals surface area contributed by atoms with Gasteiger partial charge in [0, 0.05) is 13.6 Å². The van der Waals surface area contributed by atoms with Crippen molar-refractivity contribution in [1.82, 2.24) is 10.6 Å². The van der Waals surface area contributed by atoms with Crippen molar-refractivity contribution in [2.45, 2.75) is 13.5 Å². The molecule has 2 N–H and O–H groups in total. The van der Waals surface area contributed by atoms with Gasteiger partial charge in [0.2, 0.25) is 0 Å². The van der Waals surface area contributed by atoms with Crippen LogP contribution in [0.3, 0.4) is 0 Å². The van der Waals surface area contributed by atoms with Gasteiger partial charge in [0.05, 0.1) is 0 Å². The summed E-state index contributed by atoms with van der Waals surface area (Å²) in [6, 6.07) is 9.96. The van der Waals surface area contributed by atoms with Gasteiger partial charge in [-0.3, -0.25) is 0 Å². The Kier molecular flexibility index (Phi) is 4.34. The highest BCUT2D eigenvalue weighted by molar-refractivity contribution is 5.16. The minimum absolute atomic E-state index is 0.424. The van der Waals surface area contributed by atoms with Gasteiger partial charge >= 0.3 is 0 Å². The summed E-state index contributed by atoms with van der Waals surface area (Å²) in [7, 11) is 1.75. The number of allylic oxidation sites excluding steroid dienone is 1. The van der Waals surface area contributed by atoms with Crippen molar-refractivity contribution >= 4 is 0 Å². The second kappa shape index (κ2) is 5.80. The zero-order valence-corrected chi connectivity index (χ0v) is 8.95. The summed E-state index contributed by atoms with van der Waals surface area (Å²) in [4.78, 5) is 10.3. The molecule has 15 heavy (non-hydrogen) atoms. The lowest BCUT2D eigenvalue weighted by molar-refractivity contribution is 0.720. The van der Waals surface area contributed by atoms with Crippen molar-refractivity contribution in [3.63, 3.8) is 0 Å². The molecule has 0 saturated heterocycles. The Labute approximate surface area is 89.4 Å². The van der Waals surface area contributed by atoms with Crippen LogP contribution in [0.2, 0.25) is 0 Å². The van der Waals surface area contributed by atoms with E-state index in [1.807, 2.05) is 30.3 Å². The Morgan fingerprint density at radius 1 is 1.33 bits per heavy atom. The highest BCUT2D eigenvalue weighted by Crippen LogP contribution is 2.02. The molecular weight excluding hydrogens is 190 g/mol. The third-order valence-corrected chi connectivity index (χ3v) is 2.06. The number of nitrogens with one attached hydrogen (secondary N) is 2. The molecule has 0 spiro atoms. The van der Waals surface area contributed by atoms with Crippen LogP contribution in [-0.2, 0) is 6.54 Å². The fourth-order valence-electron chi connectivity index (χ4n) is 1.23. The van der Waals surface area contributed by atoms with Gasteiger partial charge in [0.25, 0.3) is 0 Å². The van der Waals surface area contributed by atoms with E-state index >= 15 is 0 Å². The zero-order chi connectivity index (χ0) is 11.1. The summed E-state index contributed by atoms with van der Waals surface area (Å²) in [6.07, 6.45) is 0. The molecule has 80 valence electrons. The summed E-state index contributed by atoms with van der Waals surface area (Å²) in [5.74, 6) is 0.661. The van der Waals surface area contributed by atoms with Crippen molar-refractivity contribution in [3.8, 4) is 0 Å². The lowest BCUT2D eigenvalue weighted by Crippen LogP contribution is -2.24. The Bertz CT molecular complexity index is 346. The molecule has 1 aromatic carbocycles. The Balaban J connectivity index is 2.60. The van der Waals surface area contributed by atoms with Crippen LogP contribution in [0.5, 0.6) is 0 Å². The van der Waals surface area contributed by atoms with Crippen molar-refractivity contribution in [3.05, 3.63) is 52.3 Å². The van der Waals surface area contributed by atoms with Crippen molar-refractivity contribution < 1.29 is 0 Å². The molecule has 0 atom stereocenters. The predicted molar refractivity (Wildman–Crippen MR) is 60.8 cm³/mol. The second-order valence-electron chi connectivity index (χ2n) is 3.14. The number of nitrogens with zero attached hydrogens (tertiary/aromatic N) is 1. The molecule has 0 aliphatic heterocycles. The molecule has 0 aliphatic rings. The van der Waals surface area contributed by atoms with Gasteiger partial charge in [-0.25, -0.2) is 0 Å². The zero-order valence-electron chi connectivity index (χ0n) is 8.95. The third kappa shape index (κ3) is 3.42. The van der Waals surface area contributed by atoms with Crippen LogP contribution in [0, 0.1) is 4.91 Å². The van der Waals surface area contributed by atoms with Gasteiger partial charge in [-0.05, 0) is 17.7 Å². The summed E-state index contributed by atoms with van der Waals surface area (Å²) in [5.41, 5.74) is 1.58. The molecule has 0 radical (unpaired) electrons. The van der Waals surface area contributed by atoms with E-state index in [4.69, 9.17) is 0 Å². The largest absolute Gasteiger partial charge is 0.373 e. The van der Waals surface area contributed by atoms with Crippen molar-refractivity contribution in [2.24, 2.45) is 5.18 Å². The average molecular weight is 205 g/mol. The van der Waals surface area contributed by atoms with E-state index < -0.39 is 0 Å². The molecule has 0 fully saturated rings. The van der Waals surface area contributed by atoms with E-state index in [1.165, 1.54) is 0 Å². The molecule has 0 saturated carbocycles. The molecule has 0 aromatic heterocycles. The van der Waals surface area contributed by atoms with Crippen LogP contribution >= 0.6 is 0 Å². The maximum Gasteiger partial charge on any atom is 0.124 e. The number of nitroso groups, excluding NO2 is 1. The van der Waals surface area contributed by atoms with Crippen LogP contribution in [0.4, 0.5) is 0 Å². The molecule has 0 amide bonds. The van der Waals surface area contributed by atoms with Crippen molar-refractivity contribution in [2.75, 3.05) is 7.05 Å². The van der Waals surface area contributed by atoms with E-state index in [0.717, 1.165) is 5.56 Å². The van der Waals surface area contributed by atoms with E-state index in [0.29, 0.717) is 18.1 Å². The van der Waals surface area contributed by atoms with Crippen LogP contribution in [0.25, 0.3) is 0 Å². The Hall–Kier alpha value is -1.84. The summed E-state index contributed by atoms with van der Waals surface area (Å²) in [5, 5.41) is 8.89. The molecule has 0 aliphatic carbocycles. The SMILES string of the molecule is CNC(NCc1ccccc1)=C(C)N=O. The maximum absolute atomic E-state index is 10.3. The lowest BCUT2D eigenvalue weighted by atomic mass is 10.2. The van der Waals surface area contributed by atoms with Crippen molar-refractivity contribution in [1.29, 1.82) is 0 Å². The number of benzene rings is 1. The quantitative estimate of drug-likeness (QED) is 0.722. The molecule has 4 heteroatoms. The normalized spacial score (nSPS) is 11.6. The predicted octanol–water partition coefficient (Wildman–Crippen LogP) is 1.95. The highest BCUT2D eigenvalue weighted by Gasteiger charge is 1.99. The summed E-state index contributed by atoms with van der Waals surface area (Å²) in [6.45, 7) is 2.33. The van der Waals surface area contributed by atoms with Gasteiger partial charge < -0.3 is 10.6 Å². The Morgan fingerprint density at radius 3 is 2.53 bits per heavy atom. The molecule has 0 unspecified atom stereocenters. The molecule has 0 bridgehead atoms. The van der Waals surface area contributed by atoms with Gasteiger partial charge in [-0.2, -0.15) is 0 Å². The maximum atomic E-state index is 10.3. The first-order valence-electron chi connectivity index (χ1n) is 4.77. The first kappa shape index (κ1) is 11.2. The first-order valence-corrected chi connectivity index (χ1v) is 4.77. The molecule has 0 heterocycles. The van der Waals surface area contributed by atoms with Gasteiger partial charge in [0.1, 0.15) is 11.5 Å². The van der Waals surface area contributed by atoms with Gasteiger partial charge in [-0.1, -0.05) is 30.3 Å². The molecule has 1 aromatic rings. The standard InChI is InChI=1S/C11H15N3O/c1-9(14-15)11(12-2)13-8-10-6-4-3-5-7-10/h3-7,12-13H,8H2,1-2H3. The summed E-state index contributed by atoms with van der Waals surface area (Å²) >= 11 is 0. The van der Waals surface area contributed by atoms with Gasteiger partial charge in [-0.15, -0.1) is 4.91 Å². The van der Waals surface area contributed by atoms with Crippen LogP contribution in [0.1, 0.15) is 12.5 Å². The van der Waals surface area contributed by atoms with E-state index in [9.17, 15) is 4.91 Å². The van der Waals surface area contributed by atoms with Gasteiger partial charge in [0.15, 0.2) is 0 Å². The monoisotopic (exact) mass is 205 g/mol. The fraction of sp³-hybridized carbons (Fsp3) is 0.273. The van der Waals surface area contributed by atoms with Crippen LogP contribution < -0.4 is 10.6 Å². The minimum atomic E-state index is 0.424. The molecular formula is C11H15N3O. The average Bonchev–Trinajstić information content (AvgIpc) is 2.31. The number of rotatable bonds is 5. The topological polar surface area (TPSA) is 53.5 Å². The van der Waals surface area contributed by atoms with E-state index in [-0.39, 0.29) is 0 Å². The number of hydrogen-bond acceptors (Lipinski definition) is 4. The summed E-state index contributed by atoms with van der Waals surface area (Å²) < 4.78 is 0. The first-order chi connectivity index (χ1) is 7.27. The molecule has 1 rings (SSSR count). The fourth-order valence-corrected chi connectivity index (χ4v) is 1.23. The highest BCUT2D eigenvalue weighted by atomic mass is 16.3. The minimum Gasteiger partial charge on any atom is -0.373 e.